The Balaban J connectivity index is 1.76. The molecule has 27 heavy (non-hydrogen) atoms. The molecule has 0 saturated carbocycles. The first kappa shape index (κ1) is 16.5. The maximum atomic E-state index is 12.9. The first-order valence-electron chi connectivity index (χ1n) is 8.11. The number of carbonyl (C=O) groups excluding carboxylic acids is 1. The number of nitrogens with zero attached hydrogens (tertiary/aromatic N) is 6. The zero-order valence-corrected chi connectivity index (χ0v) is 14.4. The van der Waals surface area contributed by atoms with E-state index in [1.165, 1.54) is 10.9 Å². The van der Waals surface area contributed by atoms with Crippen molar-refractivity contribution in [1.82, 2.24) is 30.0 Å². The molecular formula is C18H15N7O2. The number of hydrogen-bond acceptors (Lipinski definition) is 6. The standard InChI is InChI=1S/C18H15N7O2/c1-24-10-9-16(21-24)19-18(26)15(12-14-8-5-11-27-14)25-17(20-22-23-25)13-6-3-2-4-7-13/h2-12H,1H3,(H,19,21,26)/b15-12+. The van der Waals surface area contributed by atoms with E-state index in [0.717, 1.165) is 5.56 Å². The molecule has 0 aliphatic rings. The van der Waals surface area contributed by atoms with E-state index in [4.69, 9.17) is 4.42 Å². The lowest BCUT2D eigenvalue weighted by Crippen LogP contribution is -2.19. The summed E-state index contributed by atoms with van der Waals surface area (Å²) in [6, 6.07) is 14.5. The van der Waals surface area contributed by atoms with Gasteiger partial charge in [0.15, 0.2) is 11.6 Å². The van der Waals surface area contributed by atoms with Crippen LogP contribution in [0, 0.1) is 0 Å². The molecule has 0 aliphatic carbocycles. The van der Waals surface area contributed by atoms with Gasteiger partial charge in [0.2, 0.25) is 0 Å². The Labute approximate surface area is 153 Å². The molecule has 1 amide bonds. The maximum Gasteiger partial charge on any atom is 0.275 e. The van der Waals surface area contributed by atoms with Crippen molar-refractivity contribution < 1.29 is 9.21 Å². The highest BCUT2D eigenvalue weighted by atomic mass is 16.3. The van der Waals surface area contributed by atoms with E-state index >= 15 is 0 Å². The van der Waals surface area contributed by atoms with E-state index in [1.807, 2.05) is 30.3 Å². The van der Waals surface area contributed by atoms with Crippen molar-refractivity contribution in [1.29, 1.82) is 0 Å². The lowest BCUT2D eigenvalue weighted by Gasteiger charge is -2.09. The van der Waals surface area contributed by atoms with Gasteiger partial charge in [0, 0.05) is 31.0 Å². The van der Waals surface area contributed by atoms with Crippen LogP contribution in [0.25, 0.3) is 23.2 Å². The fourth-order valence-corrected chi connectivity index (χ4v) is 2.51. The fraction of sp³-hybridized carbons (Fsp3) is 0.0556. The number of benzene rings is 1. The second kappa shape index (κ2) is 7.08. The van der Waals surface area contributed by atoms with Crippen molar-refractivity contribution in [2.45, 2.75) is 0 Å². The van der Waals surface area contributed by atoms with Gasteiger partial charge in [0.25, 0.3) is 5.91 Å². The van der Waals surface area contributed by atoms with E-state index in [1.54, 1.807) is 42.2 Å². The van der Waals surface area contributed by atoms with Crippen molar-refractivity contribution in [3.05, 3.63) is 66.8 Å². The second-order valence-electron chi connectivity index (χ2n) is 5.65. The molecule has 1 aromatic carbocycles. The molecule has 0 radical (unpaired) electrons. The van der Waals surface area contributed by atoms with Gasteiger partial charge >= 0.3 is 0 Å². The van der Waals surface area contributed by atoms with Gasteiger partial charge in [-0.1, -0.05) is 30.3 Å². The SMILES string of the molecule is Cn1ccc(NC(=O)/C(=C\c2ccco2)n2nnnc2-c2ccccc2)n1. The highest BCUT2D eigenvalue weighted by Gasteiger charge is 2.20. The number of nitrogens with one attached hydrogen (secondary N) is 1. The van der Waals surface area contributed by atoms with Gasteiger partial charge in [-0.3, -0.25) is 9.48 Å². The number of tetrazole rings is 1. The van der Waals surface area contributed by atoms with Crippen LogP contribution in [0.4, 0.5) is 5.82 Å². The quantitative estimate of drug-likeness (QED) is 0.547. The number of furan rings is 1. The minimum atomic E-state index is -0.422. The molecule has 3 heterocycles. The van der Waals surface area contributed by atoms with Crippen LogP contribution >= 0.6 is 0 Å². The van der Waals surface area contributed by atoms with Gasteiger partial charge in [0.05, 0.1) is 6.26 Å². The van der Waals surface area contributed by atoms with E-state index in [9.17, 15) is 4.79 Å². The van der Waals surface area contributed by atoms with E-state index in [2.05, 4.69) is 25.9 Å². The van der Waals surface area contributed by atoms with Gasteiger partial charge in [-0.15, -0.1) is 5.10 Å². The number of anilines is 1. The third-order valence-corrected chi connectivity index (χ3v) is 3.74. The molecule has 134 valence electrons. The Kier molecular flexibility index (Phi) is 4.32. The van der Waals surface area contributed by atoms with Crippen molar-refractivity contribution >= 4 is 23.5 Å². The molecule has 0 spiro atoms. The molecule has 4 aromatic rings. The number of amides is 1. The highest BCUT2D eigenvalue weighted by molar-refractivity contribution is 6.24. The number of carbonyl (C=O) groups is 1. The zero-order valence-electron chi connectivity index (χ0n) is 14.4. The molecule has 0 fully saturated rings. The number of rotatable bonds is 5. The summed E-state index contributed by atoms with van der Waals surface area (Å²) in [4.78, 5) is 12.9. The minimum absolute atomic E-state index is 0.194. The van der Waals surface area contributed by atoms with Crippen LogP contribution in [0.3, 0.4) is 0 Å². The summed E-state index contributed by atoms with van der Waals surface area (Å²) in [7, 11) is 1.77. The maximum absolute atomic E-state index is 12.9. The Hall–Kier alpha value is -4.01. The number of hydrogen-bond donors (Lipinski definition) is 1. The van der Waals surface area contributed by atoms with Crippen LogP contribution in [-0.4, -0.2) is 35.9 Å². The van der Waals surface area contributed by atoms with Crippen LogP contribution < -0.4 is 5.32 Å². The van der Waals surface area contributed by atoms with Gasteiger partial charge in [0.1, 0.15) is 11.5 Å². The van der Waals surface area contributed by atoms with Crippen LogP contribution in [0.2, 0.25) is 0 Å². The van der Waals surface area contributed by atoms with Gasteiger partial charge < -0.3 is 9.73 Å². The lowest BCUT2D eigenvalue weighted by molar-refractivity contribution is -0.111. The summed E-state index contributed by atoms with van der Waals surface area (Å²) < 4.78 is 8.32. The molecule has 0 unspecified atom stereocenters. The summed E-state index contributed by atoms with van der Waals surface area (Å²) in [5, 5.41) is 18.7. The molecule has 4 rings (SSSR count). The largest absolute Gasteiger partial charge is 0.465 e. The van der Waals surface area contributed by atoms with E-state index < -0.39 is 5.91 Å². The molecule has 0 atom stereocenters. The van der Waals surface area contributed by atoms with Crippen LogP contribution in [-0.2, 0) is 11.8 Å². The highest BCUT2D eigenvalue weighted by Crippen LogP contribution is 2.21. The number of aromatic nitrogens is 6. The fourth-order valence-electron chi connectivity index (χ4n) is 2.51. The first-order valence-corrected chi connectivity index (χ1v) is 8.11. The molecule has 3 aromatic heterocycles. The normalized spacial score (nSPS) is 11.5. The molecule has 9 nitrogen and oxygen atoms in total. The molecule has 9 heteroatoms. The summed E-state index contributed by atoms with van der Waals surface area (Å²) in [5.74, 6) is 0.928. The van der Waals surface area contributed by atoms with Gasteiger partial charge in [-0.25, -0.2) is 0 Å². The molecule has 0 saturated heterocycles. The van der Waals surface area contributed by atoms with Crippen molar-refractivity contribution in [3.8, 4) is 11.4 Å². The third kappa shape index (κ3) is 3.52. The monoisotopic (exact) mass is 361 g/mol. The Morgan fingerprint density at radius 1 is 1.15 bits per heavy atom. The average molecular weight is 361 g/mol. The molecular weight excluding hydrogens is 346 g/mol. The zero-order chi connectivity index (χ0) is 18.6. The van der Waals surface area contributed by atoms with Crippen molar-refractivity contribution in [3.63, 3.8) is 0 Å². The summed E-state index contributed by atoms with van der Waals surface area (Å²) in [5.41, 5.74) is 0.970. The van der Waals surface area contributed by atoms with Gasteiger partial charge in [-0.05, 0) is 22.6 Å². The van der Waals surface area contributed by atoms with Crippen LogP contribution in [0.15, 0.2) is 65.4 Å². The smallest absolute Gasteiger partial charge is 0.275 e. The number of aryl methyl sites for hydroxylation is 1. The lowest BCUT2D eigenvalue weighted by atomic mass is 10.2. The second-order valence-corrected chi connectivity index (χ2v) is 5.65. The summed E-state index contributed by atoms with van der Waals surface area (Å²) in [6.45, 7) is 0. The van der Waals surface area contributed by atoms with Crippen LogP contribution in [0.1, 0.15) is 5.76 Å². The Morgan fingerprint density at radius 3 is 2.70 bits per heavy atom. The minimum Gasteiger partial charge on any atom is -0.465 e. The van der Waals surface area contributed by atoms with E-state index in [-0.39, 0.29) is 5.70 Å². The molecule has 0 aliphatic heterocycles. The summed E-state index contributed by atoms with van der Waals surface area (Å²) >= 11 is 0. The Morgan fingerprint density at radius 2 is 2.00 bits per heavy atom. The molecule has 1 N–H and O–H groups in total. The van der Waals surface area contributed by atoms with Crippen molar-refractivity contribution in [2.24, 2.45) is 7.05 Å². The summed E-state index contributed by atoms with van der Waals surface area (Å²) in [6.07, 6.45) is 4.83. The van der Waals surface area contributed by atoms with Crippen LogP contribution in [0.5, 0.6) is 0 Å². The van der Waals surface area contributed by atoms with Gasteiger partial charge in [-0.2, -0.15) is 9.78 Å². The first-order chi connectivity index (χ1) is 13.2. The predicted molar refractivity (Wildman–Crippen MR) is 98.0 cm³/mol. The van der Waals surface area contributed by atoms with Crippen molar-refractivity contribution in [2.75, 3.05) is 5.32 Å². The van der Waals surface area contributed by atoms with E-state index in [0.29, 0.717) is 17.4 Å². The Bertz CT molecular complexity index is 1080. The third-order valence-electron chi connectivity index (χ3n) is 3.74. The predicted octanol–water partition coefficient (Wildman–Crippen LogP) is 2.30. The average Bonchev–Trinajstić information content (AvgIpc) is 3.42. The topological polar surface area (TPSA) is 104 Å². The molecule has 0 bridgehead atoms.